The third kappa shape index (κ3) is 4.79. The Bertz CT molecular complexity index is 1310. The first-order chi connectivity index (χ1) is 16.4. The van der Waals surface area contributed by atoms with E-state index in [9.17, 15) is 14.4 Å². The molecule has 9 heteroatoms. The molecule has 3 N–H and O–H groups in total. The lowest BCUT2D eigenvalue weighted by Gasteiger charge is -2.13. The molecule has 0 fully saturated rings. The normalized spacial score (nSPS) is 13.8. The van der Waals surface area contributed by atoms with Gasteiger partial charge in [0.05, 0.1) is 11.3 Å². The van der Waals surface area contributed by atoms with E-state index in [1.54, 1.807) is 43.3 Å². The van der Waals surface area contributed by atoms with Crippen LogP contribution in [0.4, 0.5) is 0 Å². The van der Waals surface area contributed by atoms with Crippen LogP contribution < -0.4 is 16.3 Å². The van der Waals surface area contributed by atoms with Gasteiger partial charge in [-0.3, -0.25) is 25.2 Å². The van der Waals surface area contributed by atoms with Crippen molar-refractivity contribution in [2.75, 3.05) is 0 Å². The van der Waals surface area contributed by atoms with Crippen molar-refractivity contribution in [2.45, 2.75) is 33.1 Å². The molecule has 0 unspecified atom stereocenters. The number of furan rings is 1. The van der Waals surface area contributed by atoms with E-state index in [1.165, 1.54) is 0 Å². The summed E-state index contributed by atoms with van der Waals surface area (Å²) < 4.78 is 6.45. The summed E-state index contributed by atoms with van der Waals surface area (Å²) in [4.78, 5) is 37.7. The van der Waals surface area contributed by atoms with Crippen LogP contribution in [-0.4, -0.2) is 23.4 Å². The molecule has 3 aromatic rings. The number of aryl methyl sites for hydroxylation is 2. The molecule has 0 aliphatic heterocycles. The minimum atomic E-state index is -0.574. The molecule has 0 saturated heterocycles. The Morgan fingerprint density at radius 2 is 1.56 bits per heavy atom. The lowest BCUT2D eigenvalue weighted by Crippen LogP contribution is -2.41. The van der Waals surface area contributed by atoms with Gasteiger partial charge < -0.3 is 4.42 Å². The number of nitrogens with zero attached hydrogens (tertiary/aromatic N) is 1. The first-order valence-electron chi connectivity index (χ1n) is 10.8. The molecule has 174 valence electrons. The summed E-state index contributed by atoms with van der Waals surface area (Å²) in [6.45, 7) is 3.62. The van der Waals surface area contributed by atoms with Crippen LogP contribution in [0.5, 0.6) is 0 Å². The van der Waals surface area contributed by atoms with E-state index in [-0.39, 0.29) is 11.7 Å². The predicted molar refractivity (Wildman–Crippen MR) is 131 cm³/mol. The highest BCUT2D eigenvalue weighted by Crippen LogP contribution is 2.30. The summed E-state index contributed by atoms with van der Waals surface area (Å²) in [6, 6.07) is 14.2. The Kier molecular flexibility index (Phi) is 6.93. The van der Waals surface area contributed by atoms with Crippen molar-refractivity contribution in [2.24, 2.45) is 5.10 Å². The monoisotopic (exact) mass is 522 g/mol. The zero-order valence-electron chi connectivity index (χ0n) is 18.7. The fourth-order valence-electron chi connectivity index (χ4n) is 3.89. The molecule has 34 heavy (non-hydrogen) atoms. The maximum absolute atomic E-state index is 12.8. The van der Waals surface area contributed by atoms with E-state index in [0.29, 0.717) is 45.5 Å². The third-order valence-corrected chi connectivity index (χ3v) is 6.31. The van der Waals surface area contributed by atoms with Gasteiger partial charge in [-0.2, -0.15) is 5.10 Å². The number of hydrazone groups is 1. The molecular weight excluding hydrogens is 500 g/mol. The van der Waals surface area contributed by atoms with Crippen molar-refractivity contribution >= 4 is 39.4 Å². The van der Waals surface area contributed by atoms with Gasteiger partial charge in [0.15, 0.2) is 5.76 Å². The van der Waals surface area contributed by atoms with E-state index >= 15 is 0 Å². The standard InChI is InChI=1S/C25H23BrN4O4/c1-14-8-3-4-9-16(14)23(31)28-27-19-12-7-13-20-21(19)15(2)22(34-20)25(33)30-29-24(32)17-10-5-6-11-18(17)26/h3-6,8-11H,7,12-13H2,1-2H3,(H,28,31)(H,29,32)(H,30,33)/b27-19+. The van der Waals surface area contributed by atoms with Crippen molar-refractivity contribution in [3.8, 4) is 0 Å². The summed E-state index contributed by atoms with van der Waals surface area (Å²) in [6.07, 6.45) is 2.07. The van der Waals surface area contributed by atoms with E-state index in [4.69, 9.17) is 4.42 Å². The van der Waals surface area contributed by atoms with Gasteiger partial charge in [0.25, 0.3) is 11.8 Å². The number of nitrogens with one attached hydrogen (secondary N) is 3. The van der Waals surface area contributed by atoms with Gasteiger partial charge in [-0.25, -0.2) is 5.43 Å². The number of carbonyl (C=O) groups excluding carboxylic acids is 3. The Morgan fingerprint density at radius 3 is 2.29 bits per heavy atom. The maximum Gasteiger partial charge on any atom is 0.305 e. The van der Waals surface area contributed by atoms with Gasteiger partial charge in [-0.15, -0.1) is 0 Å². The van der Waals surface area contributed by atoms with Gasteiger partial charge in [-0.1, -0.05) is 30.3 Å². The van der Waals surface area contributed by atoms with Crippen LogP contribution in [-0.2, 0) is 6.42 Å². The lowest BCUT2D eigenvalue weighted by molar-refractivity contribution is 0.0829. The number of hydrogen-bond donors (Lipinski definition) is 3. The average Bonchev–Trinajstić information content (AvgIpc) is 3.18. The Labute approximate surface area is 204 Å². The quantitative estimate of drug-likeness (QED) is 0.445. The maximum atomic E-state index is 12.8. The lowest BCUT2D eigenvalue weighted by atomic mass is 9.93. The van der Waals surface area contributed by atoms with E-state index < -0.39 is 11.8 Å². The van der Waals surface area contributed by atoms with Crippen molar-refractivity contribution in [3.63, 3.8) is 0 Å². The molecule has 1 aliphatic rings. The summed E-state index contributed by atoms with van der Waals surface area (Å²) in [5.74, 6) is -0.606. The van der Waals surface area contributed by atoms with Crippen LogP contribution in [0.25, 0.3) is 0 Å². The fourth-order valence-corrected chi connectivity index (χ4v) is 4.35. The summed E-state index contributed by atoms with van der Waals surface area (Å²) >= 11 is 3.31. The van der Waals surface area contributed by atoms with Crippen LogP contribution in [0.3, 0.4) is 0 Å². The summed E-state index contributed by atoms with van der Waals surface area (Å²) in [5.41, 5.74) is 11.2. The molecule has 0 radical (unpaired) electrons. The molecule has 0 bridgehead atoms. The molecule has 1 heterocycles. The first kappa shape index (κ1) is 23.4. The average molecular weight is 523 g/mol. The molecule has 2 aromatic carbocycles. The highest BCUT2D eigenvalue weighted by molar-refractivity contribution is 9.10. The number of amides is 3. The Balaban J connectivity index is 1.50. The summed E-state index contributed by atoms with van der Waals surface area (Å²) in [7, 11) is 0. The van der Waals surface area contributed by atoms with Crippen molar-refractivity contribution in [1.29, 1.82) is 0 Å². The van der Waals surface area contributed by atoms with Crippen LogP contribution >= 0.6 is 15.9 Å². The van der Waals surface area contributed by atoms with Gasteiger partial charge in [0, 0.05) is 27.6 Å². The minimum absolute atomic E-state index is 0.0947. The van der Waals surface area contributed by atoms with E-state index in [2.05, 4.69) is 37.3 Å². The topological polar surface area (TPSA) is 113 Å². The van der Waals surface area contributed by atoms with Crippen molar-refractivity contribution in [1.82, 2.24) is 16.3 Å². The van der Waals surface area contributed by atoms with Crippen molar-refractivity contribution in [3.05, 3.63) is 92.3 Å². The van der Waals surface area contributed by atoms with E-state index in [0.717, 1.165) is 17.5 Å². The van der Waals surface area contributed by atoms with Gasteiger partial charge in [-0.05, 0) is 66.4 Å². The molecule has 1 aliphatic carbocycles. The number of carbonyl (C=O) groups is 3. The summed E-state index contributed by atoms with van der Waals surface area (Å²) in [5, 5.41) is 4.35. The Morgan fingerprint density at radius 1 is 0.882 bits per heavy atom. The third-order valence-electron chi connectivity index (χ3n) is 5.62. The second-order valence-corrected chi connectivity index (χ2v) is 8.76. The van der Waals surface area contributed by atoms with Gasteiger partial charge in [0.1, 0.15) is 5.76 Å². The molecule has 0 saturated carbocycles. The zero-order chi connectivity index (χ0) is 24.2. The number of benzene rings is 2. The van der Waals surface area contributed by atoms with Crippen molar-refractivity contribution < 1.29 is 18.8 Å². The smallest absolute Gasteiger partial charge is 0.305 e. The number of halogens is 1. The number of hydrazine groups is 1. The van der Waals surface area contributed by atoms with Crippen LogP contribution in [0.15, 0.2) is 62.5 Å². The fraction of sp³-hybridized carbons (Fsp3) is 0.200. The number of hydrogen-bond acceptors (Lipinski definition) is 5. The predicted octanol–water partition coefficient (Wildman–Crippen LogP) is 4.20. The van der Waals surface area contributed by atoms with Crippen LogP contribution in [0.1, 0.15) is 66.6 Å². The van der Waals surface area contributed by atoms with Crippen LogP contribution in [0.2, 0.25) is 0 Å². The molecule has 3 amide bonds. The molecule has 4 rings (SSSR count). The van der Waals surface area contributed by atoms with Crippen LogP contribution in [0, 0.1) is 13.8 Å². The van der Waals surface area contributed by atoms with E-state index in [1.807, 2.05) is 19.1 Å². The SMILES string of the molecule is Cc1ccccc1C(=O)N/N=C1\CCCc2oc(C(=O)NNC(=O)c3ccccc3Br)c(C)c21. The van der Waals surface area contributed by atoms with Gasteiger partial charge in [0.2, 0.25) is 0 Å². The number of rotatable bonds is 4. The molecular formula is C25H23BrN4O4. The van der Waals surface area contributed by atoms with Gasteiger partial charge >= 0.3 is 5.91 Å². The largest absolute Gasteiger partial charge is 0.455 e. The first-order valence-corrected chi connectivity index (χ1v) is 11.6. The highest BCUT2D eigenvalue weighted by atomic mass is 79.9. The molecule has 8 nitrogen and oxygen atoms in total. The minimum Gasteiger partial charge on any atom is -0.455 e. The molecule has 0 spiro atoms. The number of fused-ring (bicyclic) bond motifs is 1. The second-order valence-electron chi connectivity index (χ2n) is 7.91. The molecule has 0 atom stereocenters. The second kappa shape index (κ2) is 10.0. The molecule has 1 aromatic heterocycles. The Hall–Kier alpha value is -3.72. The highest BCUT2D eigenvalue weighted by Gasteiger charge is 2.28. The zero-order valence-corrected chi connectivity index (χ0v) is 20.3.